The number of rotatable bonds is 4. The van der Waals surface area contributed by atoms with Crippen molar-refractivity contribution in [3.05, 3.63) is 16.6 Å². The highest BCUT2D eigenvalue weighted by Crippen LogP contribution is 2.31. The van der Waals surface area contributed by atoms with Crippen molar-refractivity contribution in [2.45, 2.75) is 32.2 Å². The summed E-state index contributed by atoms with van der Waals surface area (Å²) in [6, 6.07) is 0.176. The second-order valence-electron chi connectivity index (χ2n) is 3.62. The number of nitrogens with two attached hydrogens (primary N) is 1. The van der Waals surface area contributed by atoms with Crippen molar-refractivity contribution < 1.29 is 0 Å². The first-order valence-corrected chi connectivity index (χ1v) is 5.91. The monoisotopic (exact) mass is 209 g/mol. The van der Waals surface area contributed by atoms with Crippen LogP contribution in [0.15, 0.2) is 16.6 Å². The third-order valence-electron chi connectivity index (χ3n) is 2.42. The third kappa shape index (κ3) is 2.12. The van der Waals surface area contributed by atoms with Crippen molar-refractivity contribution in [1.82, 2.24) is 4.98 Å². The second-order valence-corrected chi connectivity index (χ2v) is 4.55. The molecule has 4 heteroatoms. The summed E-state index contributed by atoms with van der Waals surface area (Å²) in [5.74, 6) is 1.39. The Bertz CT molecular complexity index is 314. The van der Waals surface area contributed by atoms with Crippen molar-refractivity contribution in [3.8, 4) is 0 Å². The number of hydrogen-bond donors (Lipinski definition) is 1. The zero-order chi connectivity index (χ0) is 9.97. The maximum atomic E-state index is 5.89. The van der Waals surface area contributed by atoms with Crippen LogP contribution in [0.25, 0.3) is 0 Å². The van der Waals surface area contributed by atoms with Gasteiger partial charge in [0.15, 0.2) is 0 Å². The molecule has 1 aromatic rings. The summed E-state index contributed by atoms with van der Waals surface area (Å²) in [7, 11) is 0. The van der Waals surface area contributed by atoms with Gasteiger partial charge in [0.05, 0.1) is 5.84 Å². The molecule has 0 aromatic carbocycles. The first kappa shape index (κ1) is 9.65. The molecule has 2 N–H and O–H groups in total. The molecule has 14 heavy (non-hydrogen) atoms. The Morgan fingerprint density at radius 1 is 1.79 bits per heavy atom. The molecule has 1 aliphatic carbocycles. The lowest BCUT2D eigenvalue weighted by molar-refractivity contribution is 0.690. The molecular weight excluding hydrogens is 194 g/mol. The molecule has 1 unspecified atom stereocenters. The van der Waals surface area contributed by atoms with E-state index < -0.39 is 0 Å². The van der Waals surface area contributed by atoms with Gasteiger partial charge in [-0.25, -0.2) is 4.98 Å². The van der Waals surface area contributed by atoms with E-state index in [9.17, 15) is 0 Å². The lowest BCUT2D eigenvalue weighted by Crippen LogP contribution is -2.15. The maximum Gasteiger partial charge on any atom is 0.117 e. The van der Waals surface area contributed by atoms with Crippen LogP contribution in [0.1, 0.15) is 37.2 Å². The van der Waals surface area contributed by atoms with E-state index in [1.165, 1.54) is 12.8 Å². The summed E-state index contributed by atoms with van der Waals surface area (Å²) in [6.07, 6.45) is 5.22. The van der Waals surface area contributed by atoms with Gasteiger partial charge in [0.25, 0.3) is 0 Å². The van der Waals surface area contributed by atoms with Crippen LogP contribution in [0.5, 0.6) is 0 Å². The van der Waals surface area contributed by atoms with E-state index in [4.69, 9.17) is 5.73 Å². The first-order chi connectivity index (χ1) is 6.81. The SMILES string of the molecule is CCC(N=C(N)C1CC1)c1nccs1. The smallest absolute Gasteiger partial charge is 0.117 e. The third-order valence-corrected chi connectivity index (χ3v) is 3.30. The molecule has 2 rings (SSSR count). The standard InChI is InChI=1S/C10H15N3S/c1-2-8(10-12-5-6-14-10)13-9(11)7-3-4-7/h5-8H,2-4H2,1H3,(H2,11,13). The van der Waals surface area contributed by atoms with Gasteiger partial charge in [-0.05, 0) is 19.3 Å². The molecule has 0 amide bonds. The topological polar surface area (TPSA) is 51.3 Å². The summed E-state index contributed by atoms with van der Waals surface area (Å²) in [6.45, 7) is 2.12. The molecule has 1 aromatic heterocycles. The Balaban J connectivity index is 2.09. The fraction of sp³-hybridized carbons (Fsp3) is 0.600. The number of aliphatic imine (C=N–C) groups is 1. The fourth-order valence-electron chi connectivity index (χ4n) is 1.38. The highest BCUT2D eigenvalue weighted by molar-refractivity contribution is 7.09. The van der Waals surface area contributed by atoms with Crippen LogP contribution in [-0.2, 0) is 0 Å². The van der Waals surface area contributed by atoms with Crippen LogP contribution < -0.4 is 5.73 Å². The molecule has 1 atom stereocenters. The Labute approximate surface area is 88.1 Å². The van der Waals surface area contributed by atoms with Gasteiger partial charge in [0, 0.05) is 17.5 Å². The van der Waals surface area contributed by atoms with Crippen LogP contribution in [0.4, 0.5) is 0 Å². The highest BCUT2D eigenvalue weighted by atomic mass is 32.1. The summed E-state index contributed by atoms with van der Waals surface area (Å²) in [4.78, 5) is 8.82. The summed E-state index contributed by atoms with van der Waals surface area (Å²) in [5.41, 5.74) is 5.89. The van der Waals surface area contributed by atoms with Crippen LogP contribution in [0, 0.1) is 5.92 Å². The number of aromatic nitrogens is 1. The van der Waals surface area contributed by atoms with E-state index >= 15 is 0 Å². The quantitative estimate of drug-likeness (QED) is 0.611. The molecule has 0 aliphatic heterocycles. The molecule has 0 bridgehead atoms. The van der Waals surface area contributed by atoms with E-state index in [1.54, 1.807) is 11.3 Å². The van der Waals surface area contributed by atoms with E-state index in [0.717, 1.165) is 17.3 Å². The minimum absolute atomic E-state index is 0.176. The molecule has 0 spiro atoms. The minimum atomic E-state index is 0.176. The van der Waals surface area contributed by atoms with Gasteiger partial charge in [0.1, 0.15) is 11.0 Å². The molecule has 1 saturated carbocycles. The van der Waals surface area contributed by atoms with Crippen molar-refractivity contribution in [3.63, 3.8) is 0 Å². The van der Waals surface area contributed by atoms with E-state index in [2.05, 4.69) is 16.9 Å². The Kier molecular flexibility index (Phi) is 2.82. The van der Waals surface area contributed by atoms with Gasteiger partial charge < -0.3 is 5.73 Å². The summed E-state index contributed by atoms with van der Waals surface area (Å²) < 4.78 is 0. The van der Waals surface area contributed by atoms with Gasteiger partial charge in [-0.1, -0.05) is 6.92 Å². The number of thiazole rings is 1. The molecule has 0 saturated heterocycles. The fourth-order valence-corrected chi connectivity index (χ4v) is 2.14. The lowest BCUT2D eigenvalue weighted by atomic mass is 10.2. The van der Waals surface area contributed by atoms with Crippen molar-refractivity contribution in [2.75, 3.05) is 0 Å². The molecule has 1 fully saturated rings. The number of hydrogen-bond acceptors (Lipinski definition) is 3. The van der Waals surface area contributed by atoms with Crippen LogP contribution in [0.3, 0.4) is 0 Å². The normalized spacial score (nSPS) is 19.6. The van der Waals surface area contributed by atoms with Gasteiger partial charge >= 0.3 is 0 Å². The van der Waals surface area contributed by atoms with E-state index in [1.807, 2.05) is 11.6 Å². The molecule has 1 aliphatic rings. The van der Waals surface area contributed by atoms with E-state index in [0.29, 0.717) is 5.92 Å². The Hall–Kier alpha value is -0.900. The second kappa shape index (κ2) is 4.09. The predicted molar refractivity (Wildman–Crippen MR) is 59.5 cm³/mol. The van der Waals surface area contributed by atoms with Crippen molar-refractivity contribution in [2.24, 2.45) is 16.6 Å². The zero-order valence-corrected chi connectivity index (χ0v) is 9.13. The summed E-state index contributed by atoms with van der Waals surface area (Å²) in [5, 5.41) is 3.07. The number of amidine groups is 1. The zero-order valence-electron chi connectivity index (χ0n) is 8.31. The van der Waals surface area contributed by atoms with Gasteiger partial charge in [-0.3, -0.25) is 4.99 Å². The van der Waals surface area contributed by atoms with Crippen LogP contribution in [-0.4, -0.2) is 10.8 Å². The molecule has 0 radical (unpaired) electrons. The lowest BCUT2D eigenvalue weighted by Gasteiger charge is -2.07. The molecular formula is C10H15N3S. The molecule has 3 nitrogen and oxygen atoms in total. The van der Waals surface area contributed by atoms with Gasteiger partial charge in [0.2, 0.25) is 0 Å². The summed E-state index contributed by atoms with van der Waals surface area (Å²) >= 11 is 1.66. The minimum Gasteiger partial charge on any atom is -0.387 e. The van der Waals surface area contributed by atoms with Crippen molar-refractivity contribution in [1.29, 1.82) is 0 Å². The number of nitrogens with zero attached hydrogens (tertiary/aromatic N) is 2. The van der Waals surface area contributed by atoms with Gasteiger partial charge in [-0.2, -0.15) is 0 Å². The Morgan fingerprint density at radius 3 is 3.07 bits per heavy atom. The van der Waals surface area contributed by atoms with Crippen molar-refractivity contribution >= 4 is 17.2 Å². The molecule has 1 heterocycles. The van der Waals surface area contributed by atoms with Crippen LogP contribution >= 0.6 is 11.3 Å². The Morgan fingerprint density at radius 2 is 2.57 bits per heavy atom. The van der Waals surface area contributed by atoms with Crippen LogP contribution in [0.2, 0.25) is 0 Å². The largest absolute Gasteiger partial charge is 0.387 e. The van der Waals surface area contributed by atoms with Gasteiger partial charge in [-0.15, -0.1) is 11.3 Å². The maximum absolute atomic E-state index is 5.89. The average molecular weight is 209 g/mol. The average Bonchev–Trinajstić information content (AvgIpc) is 2.91. The molecule has 76 valence electrons. The van der Waals surface area contributed by atoms with E-state index in [-0.39, 0.29) is 6.04 Å². The first-order valence-electron chi connectivity index (χ1n) is 5.03. The highest BCUT2D eigenvalue weighted by Gasteiger charge is 2.26. The predicted octanol–water partition coefficient (Wildman–Crippen LogP) is 2.36.